The fourth-order valence-electron chi connectivity index (χ4n) is 3.39. The monoisotopic (exact) mass is 266 g/mol. The highest BCUT2D eigenvalue weighted by Gasteiger charge is 2.48. The first kappa shape index (κ1) is 13.4. The fourth-order valence-corrected chi connectivity index (χ4v) is 3.39. The van der Waals surface area contributed by atoms with Gasteiger partial charge in [-0.2, -0.15) is 0 Å². The largest absolute Gasteiger partial charge is 0.465 e. The average Bonchev–Trinajstić information content (AvgIpc) is 3.27. The van der Waals surface area contributed by atoms with E-state index in [-0.39, 0.29) is 5.97 Å². The van der Waals surface area contributed by atoms with Gasteiger partial charge in [-0.05, 0) is 57.8 Å². The molecule has 19 heavy (non-hydrogen) atoms. The summed E-state index contributed by atoms with van der Waals surface area (Å²) in [6, 6.07) is 1.28. The van der Waals surface area contributed by atoms with E-state index in [0.29, 0.717) is 12.6 Å². The third-order valence-corrected chi connectivity index (χ3v) is 4.86. The van der Waals surface area contributed by atoms with Crippen LogP contribution in [0.1, 0.15) is 51.9 Å². The Kier molecular flexibility index (Phi) is 3.56. The van der Waals surface area contributed by atoms with Gasteiger partial charge < -0.3 is 10.5 Å². The summed E-state index contributed by atoms with van der Waals surface area (Å²) in [4.78, 5) is 14.6. The molecule has 3 aliphatic carbocycles. The topological polar surface area (TPSA) is 55.6 Å². The number of nitrogens with two attached hydrogens (primary N) is 1. The number of esters is 1. The molecule has 3 rings (SSSR count). The van der Waals surface area contributed by atoms with Crippen molar-refractivity contribution >= 4 is 5.97 Å². The lowest BCUT2D eigenvalue weighted by Gasteiger charge is -2.30. The molecule has 2 unspecified atom stereocenters. The number of nitrogens with zero attached hydrogens (tertiary/aromatic N) is 1. The van der Waals surface area contributed by atoms with E-state index in [1.54, 1.807) is 0 Å². The van der Waals surface area contributed by atoms with Crippen molar-refractivity contribution in [2.24, 2.45) is 11.7 Å². The summed E-state index contributed by atoms with van der Waals surface area (Å²) in [6.07, 6.45) is 8.07. The predicted molar refractivity (Wildman–Crippen MR) is 73.6 cm³/mol. The van der Waals surface area contributed by atoms with Crippen LogP contribution in [0.4, 0.5) is 0 Å². The first-order chi connectivity index (χ1) is 9.12. The van der Waals surface area contributed by atoms with Crippen LogP contribution in [-0.4, -0.2) is 41.6 Å². The van der Waals surface area contributed by atoms with Crippen LogP contribution in [0.3, 0.4) is 0 Å². The van der Waals surface area contributed by atoms with E-state index in [2.05, 4.69) is 4.90 Å². The van der Waals surface area contributed by atoms with Crippen LogP contribution >= 0.6 is 0 Å². The number of hydrogen-bond donors (Lipinski definition) is 1. The Morgan fingerprint density at radius 1 is 1.26 bits per heavy atom. The molecule has 0 amide bonds. The molecular weight excluding hydrogens is 240 g/mol. The lowest BCUT2D eigenvalue weighted by Crippen LogP contribution is -2.49. The van der Waals surface area contributed by atoms with Crippen molar-refractivity contribution in [1.29, 1.82) is 0 Å². The van der Waals surface area contributed by atoms with Gasteiger partial charge in [-0.25, -0.2) is 0 Å². The van der Waals surface area contributed by atoms with Crippen molar-refractivity contribution in [2.45, 2.75) is 69.5 Å². The van der Waals surface area contributed by atoms with Gasteiger partial charge in [0.1, 0.15) is 5.54 Å². The minimum atomic E-state index is -0.725. The molecule has 108 valence electrons. The van der Waals surface area contributed by atoms with E-state index >= 15 is 0 Å². The molecule has 0 aromatic rings. The maximum Gasteiger partial charge on any atom is 0.326 e. The average molecular weight is 266 g/mol. The van der Waals surface area contributed by atoms with Crippen molar-refractivity contribution in [3.05, 3.63) is 0 Å². The highest BCUT2D eigenvalue weighted by Crippen LogP contribution is 2.41. The number of hydrogen-bond acceptors (Lipinski definition) is 4. The summed E-state index contributed by atoms with van der Waals surface area (Å²) in [7, 11) is 0. The van der Waals surface area contributed by atoms with E-state index in [1.165, 1.54) is 32.2 Å². The van der Waals surface area contributed by atoms with Crippen molar-refractivity contribution in [3.63, 3.8) is 0 Å². The number of carbonyl (C=O) groups excluding carboxylic acids is 1. The lowest BCUT2D eigenvalue weighted by molar-refractivity contribution is -0.149. The quantitative estimate of drug-likeness (QED) is 0.743. The standard InChI is InChI=1S/C15H26N2O2/c1-2-19-14(18)15(16)8-7-13(9-15)17(12-5-6-12)10-11-3-4-11/h11-13H,2-10,16H2,1H3. The van der Waals surface area contributed by atoms with E-state index in [9.17, 15) is 4.79 Å². The van der Waals surface area contributed by atoms with Crippen molar-refractivity contribution in [1.82, 2.24) is 4.90 Å². The Morgan fingerprint density at radius 2 is 2.00 bits per heavy atom. The summed E-state index contributed by atoms with van der Waals surface area (Å²) in [6.45, 7) is 3.50. The molecule has 0 saturated heterocycles. The number of carbonyl (C=O) groups is 1. The molecule has 3 fully saturated rings. The van der Waals surface area contributed by atoms with Gasteiger partial charge in [0.25, 0.3) is 0 Å². The van der Waals surface area contributed by atoms with Crippen LogP contribution in [0.25, 0.3) is 0 Å². The van der Waals surface area contributed by atoms with Gasteiger partial charge in [0.15, 0.2) is 0 Å². The SMILES string of the molecule is CCOC(=O)C1(N)CCC(N(CC2CC2)C2CC2)C1. The molecule has 0 aliphatic heterocycles. The van der Waals surface area contributed by atoms with Crippen molar-refractivity contribution in [2.75, 3.05) is 13.2 Å². The normalized spacial score (nSPS) is 34.8. The minimum absolute atomic E-state index is 0.195. The second-order valence-corrected chi connectivity index (χ2v) is 6.64. The maximum atomic E-state index is 12.0. The zero-order chi connectivity index (χ0) is 13.5. The van der Waals surface area contributed by atoms with Crippen LogP contribution in [0.2, 0.25) is 0 Å². The van der Waals surface area contributed by atoms with Crippen molar-refractivity contribution in [3.8, 4) is 0 Å². The van der Waals surface area contributed by atoms with Gasteiger partial charge in [0, 0.05) is 18.6 Å². The van der Waals surface area contributed by atoms with E-state index in [4.69, 9.17) is 10.5 Å². The third kappa shape index (κ3) is 2.95. The number of ether oxygens (including phenoxy) is 1. The minimum Gasteiger partial charge on any atom is -0.465 e. The van der Waals surface area contributed by atoms with Gasteiger partial charge >= 0.3 is 5.97 Å². The van der Waals surface area contributed by atoms with E-state index < -0.39 is 5.54 Å². The molecule has 4 heteroatoms. The molecule has 0 radical (unpaired) electrons. The van der Waals surface area contributed by atoms with Gasteiger partial charge in [-0.3, -0.25) is 9.69 Å². The zero-order valence-corrected chi connectivity index (χ0v) is 11.9. The Labute approximate surface area is 115 Å². The van der Waals surface area contributed by atoms with Gasteiger partial charge in [0.2, 0.25) is 0 Å². The second kappa shape index (κ2) is 5.06. The highest BCUT2D eigenvalue weighted by molar-refractivity contribution is 5.81. The molecule has 0 spiro atoms. The second-order valence-electron chi connectivity index (χ2n) is 6.64. The maximum absolute atomic E-state index is 12.0. The Hall–Kier alpha value is -0.610. The zero-order valence-electron chi connectivity index (χ0n) is 11.9. The van der Waals surface area contributed by atoms with Crippen LogP contribution in [0.5, 0.6) is 0 Å². The Morgan fingerprint density at radius 3 is 2.58 bits per heavy atom. The summed E-state index contributed by atoms with van der Waals surface area (Å²) >= 11 is 0. The van der Waals surface area contributed by atoms with E-state index in [0.717, 1.165) is 31.2 Å². The molecule has 2 atom stereocenters. The van der Waals surface area contributed by atoms with Crippen LogP contribution in [0.15, 0.2) is 0 Å². The van der Waals surface area contributed by atoms with E-state index in [1.807, 2.05) is 6.92 Å². The predicted octanol–water partition coefficient (Wildman–Crippen LogP) is 1.67. The van der Waals surface area contributed by atoms with Crippen LogP contribution < -0.4 is 5.73 Å². The fraction of sp³-hybridized carbons (Fsp3) is 0.933. The first-order valence-electron chi connectivity index (χ1n) is 7.84. The summed E-state index contributed by atoms with van der Waals surface area (Å²) in [5, 5.41) is 0. The molecule has 0 aromatic heterocycles. The third-order valence-electron chi connectivity index (χ3n) is 4.86. The molecule has 0 heterocycles. The van der Waals surface area contributed by atoms with Crippen molar-refractivity contribution < 1.29 is 9.53 Å². The van der Waals surface area contributed by atoms with Gasteiger partial charge in [-0.15, -0.1) is 0 Å². The Bertz CT molecular complexity index is 352. The smallest absolute Gasteiger partial charge is 0.326 e. The summed E-state index contributed by atoms with van der Waals surface area (Å²) in [5.74, 6) is 0.718. The number of rotatable bonds is 6. The summed E-state index contributed by atoms with van der Waals surface area (Å²) in [5.41, 5.74) is 5.56. The molecule has 4 nitrogen and oxygen atoms in total. The van der Waals surface area contributed by atoms with Crippen LogP contribution in [-0.2, 0) is 9.53 Å². The highest BCUT2D eigenvalue weighted by atomic mass is 16.5. The summed E-state index contributed by atoms with van der Waals surface area (Å²) < 4.78 is 5.14. The Balaban J connectivity index is 1.61. The van der Waals surface area contributed by atoms with Gasteiger partial charge in [-0.1, -0.05) is 0 Å². The molecule has 0 bridgehead atoms. The molecule has 3 saturated carbocycles. The van der Waals surface area contributed by atoms with Gasteiger partial charge in [0.05, 0.1) is 6.61 Å². The molecule has 3 aliphatic rings. The molecular formula is C15H26N2O2. The lowest BCUT2D eigenvalue weighted by atomic mass is 9.99. The van der Waals surface area contributed by atoms with Crippen LogP contribution in [0, 0.1) is 5.92 Å². The first-order valence-corrected chi connectivity index (χ1v) is 7.84. The molecule has 0 aromatic carbocycles. The molecule has 2 N–H and O–H groups in total.